The van der Waals surface area contributed by atoms with Gasteiger partial charge in [-0.1, -0.05) is 6.07 Å². The number of nitrogens with zero attached hydrogens (tertiary/aromatic N) is 3. The lowest BCUT2D eigenvalue weighted by Crippen LogP contribution is -2.54. The number of rotatable bonds is 7. The van der Waals surface area contributed by atoms with Gasteiger partial charge in [0.25, 0.3) is 0 Å². The van der Waals surface area contributed by atoms with Gasteiger partial charge in [-0.3, -0.25) is 9.59 Å². The average molecular weight is 548 g/mol. The molecule has 5 rings (SSSR count). The summed E-state index contributed by atoms with van der Waals surface area (Å²) in [6.45, 7) is 2.38. The van der Waals surface area contributed by atoms with Gasteiger partial charge in [-0.15, -0.1) is 0 Å². The second kappa shape index (κ2) is 11.9. The van der Waals surface area contributed by atoms with Crippen molar-refractivity contribution in [1.29, 1.82) is 0 Å². The molecule has 3 aromatic carbocycles. The summed E-state index contributed by atoms with van der Waals surface area (Å²) in [5.41, 5.74) is 2.43. The molecular weight excluding hydrogens is 513 g/mol. The highest BCUT2D eigenvalue weighted by atomic mass is 19.1. The minimum Gasteiger partial charge on any atom is -0.497 e. The van der Waals surface area contributed by atoms with E-state index in [4.69, 9.17) is 14.2 Å². The van der Waals surface area contributed by atoms with E-state index in [0.717, 1.165) is 11.3 Å². The SMILES string of the molecule is COc1ccc(N2C(=O)CCC(C(=O)N3CCN(c4ccc(F)cc4)CC3)C2c2ccc(OC)c(OC)c2)cc1. The summed E-state index contributed by atoms with van der Waals surface area (Å²) in [7, 11) is 4.74. The minimum atomic E-state index is -0.530. The number of halogens is 1. The van der Waals surface area contributed by atoms with Crippen LogP contribution in [-0.4, -0.2) is 64.2 Å². The van der Waals surface area contributed by atoms with Gasteiger partial charge in [-0.2, -0.15) is 0 Å². The van der Waals surface area contributed by atoms with E-state index in [1.165, 1.54) is 12.1 Å². The molecule has 2 atom stereocenters. The second-order valence-electron chi connectivity index (χ2n) is 9.95. The third kappa shape index (κ3) is 5.41. The lowest BCUT2D eigenvalue weighted by molar-refractivity contribution is -0.138. The van der Waals surface area contributed by atoms with Crippen molar-refractivity contribution >= 4 is 23.2 Å². The van der Waals surface area contributed by atoms with E-state index in [-0.39, 0.29) is 24.1 Å². The van der Waals surface area contributed by atoms with Crippen LogP contribution in [0.25, 0.3) is 0 Å². The largest absolute Gasteiger partial charge is 0.497 e. The molecule has 0 aliphatic carbocycles. The summed E-state index contributed by atoms with van der Waals surface area (Å²) in [4.78, 5) is 33.4. The van der Waals surface area contributed by atoms with E-state index < -0.39 is 12.0 Å². The summed E-state index contributed by atoms with van der Waals surface area (Å²) in [6.07, 6.45) is 0.712. The molecule has 2 heterocycles. The molecule has 0 saturated carbocycles. The molecule has 0 spiro atoms. The van der Waals surface area contributed by atoms with Gasteiger partial charge in [0.15, 0.2) is 11.5 Å². The number of piperidine rings is 1. The van der Waals surface area contributed by atoms with E-state index >= 15 is 0 Å². The van der Waals surface area contributed by atoms with Gasteiger partial charge in [0.1, 0.15) is 11.6 Å². The Labute approximate surface area is 233 Å². The van der Waals surface area contributed by atoms with E-state index in [2.05, 4.69) is 4.90 Å². The summed E-state index contributed by atoms with van der Waals surface area (Å²) in [5, 5.41) is 0. The first-order valence-corrected chi connectivity index (χ1v) is 13.4. The Balaban J connectivity index is 1.45. The zero-order valence-corrected chi connectivity index (χ0v) is 23.0. The molecule has 0 bridgehead atoms. The number of anilines is 2. The lowest BCUT2D eigenvalue weighted by atomic mass is 9.82. The number of piperazine rings is 1. The molecule has 8 nitrogen and oxygen atoms in total. The first kappa shape index (κ1) is 27.3. The molecular formula is C31H34FN3O5. The summed E-state index contributed by atoms with van der Waals surface area (Å²) < 4.78 is 29.7. The summed E-state index contributed by atoms with van der Waals surface area (Å²) in [5.74, 6) is 1.04. The summed E-state index contributed by atoms with van der Waals surface area (Å²) in [6, 6.07) is 18.8. The first-order chi connectivity index (χ1) is 19.4. The van der Waals surface area contributed by atoms with Crippen LogP contribution in [-0.2, 0) is 9.59 Å². The maximum absolute atomic E-state index is 14.1. The number of amides is 2. The highest BCUT2D eigenvalue weighted by Gasteiger charge is 2.43. The predicted octanol–water partition coefficient (Wildman–Crippen LogP) is 4.68. The van der Waals surface area contributed by atoms with Gasteiger partial charge in [-0.25, -0.2) is 4.39 Å². The van der Waals surface area contributed by atoms with Crippen molar-refractivity contribution in [2.24, 2.45) is 5.92 Å². The minimum absolute atomic E-state index is 0.0181. The predicted molar refractivity (Wildman–Crippen MR) is 151 cm³/mol. The van der Waals surface area contributed by atoms with Gasteiger partial charge in [0.2, 0.25) is 11.8 Å². The van der Waals surface area contributed by atoms with Gasteiger partial charge in [0.05, 0.1) is 33.3 Å². The Morgan fingerprint density at radius 2 is 1.45 bits per heavy atom. The zero-order chi connectivity index (χ0) is 28.2. The lowest BCUT2D eigenvalue weighted by Gasteiger charge is -2.44. The van der Waals surface area contributed by atoms with Crippen molar-refractivity contribution in [3.05, 3.63) is 78.1 Å². The van der Waals surface area contributed by atoms with Crippen LogP contribution in [0.1, 0.15) is 24.4 Å². The van der Waals surface area contributed by atoms with E-state index in [1.807, 2.05) is 47.4 Å². The van der Waals surface area contributed by atoms with Crippen molar-refractivity contribution in [1.82, 2.24) is 4.90 Å². The molecule has 2 aliphatic heterocycles. The second-order valence-corrected chi connectivity index (χ2v) is 9.95. The van der Waals surface area contributed by atoms with Crippen molar-refractivity contribution in [3.8, 4) is 17.2 Å². The molecule has 9 heteroatoms. The van der Waals surface area contributed by atoms with Crippen LogP contribution in [0.2, 0.25) is 0 Å². The zero-order valence-electron chi connectivity index (χ0n) is 23.0. The van der Waals surface area contributed by atoms with Crippen molar-refractivity contribution in [3.63, 3.8) is 0 Å². The molecule has 2 aliphatic rings. The third-order valence-electron chi connectivity index (χ3n) is 7.80. The van der Waals surface area contributed by atoms with Crippen LogP contribution in [0.15, 0.2) is 66.7 Å². The van der Waals surface area contributed by atoms with Crippen molar-refractivity contribution in [2.45, 2.75) is 18.9 Å². The van der Waals surface area contributed by atoms with Crippen molar-refractivity contribution < 1.29 is 28.2 Å². The van der Waals surface area contributed by atoms with E-state index in [0.29, 0.717) is 55.5 Å². The van der Waals surface area contributed by atoms with Crippen LogP contribution >= 0.6 is 0 Å². The van der Waals surface area contributed by atoms with Crippen LogP contribution in [0.5, 0.6) is 17.2 Å². The smallest absolute Gasteiger partial charge is 0.228 e. The Bertz CT molecular complexity index is 1340. The molecule has 3 aromatic rings. The molecule has 40 heavy (non-hydrogen) atoms. The Kier molecular flexibility index (Phi) is 8.09. The fourth-order valence-corrected chi connectivity index (χ4v) is 5.69. The first-order valence-electron chi connectivity index (χ1n) is 13.4. The molecule has 0 N–H and O–H groups in total. The molecule has 2 saturated heterocycles. The quantitative estimate of drug-likeness (QED) is 0.428. The Hall–Kier alpha value is -4.27. The van der Waals surface area contributed by atoms with Crippen LogP contribution < -0.4 is 24.0 Å². The van der Waals surface area contributed by atoms with Crippen LogP contribution in [0.3, 0.4) is 0 Å². The summed E-state index contributed by atoms with van der Waals surface area (Å²) >= 11 is 0. The number of benzene rings is 3. The van der Waals surface area contributed by atoms with E-state index in [9.17, 15) is 14.0 Å². The maximum Gasteiger partial charge on any atom is 0.228 e. The highest BCUT2D eigenvalue weighted by molar-refractivity contribution is 5.97. The number of carbonyl (C=O) groups is 2. The fourth-order valence-electron chi connectivity index (χ4n) is 5.69. The topological polar surface area (TPSA) is 71.6 Å². The number of methoxy groups -OCH3 is 3. The molecule has 0 radical (unpaired) electrons. The van der Waals surface area contributed by atoms with Gasteiger partial charge < -0.3 is 28.9 Å². The molecule has 0 aromatic heterocycles. The Morgan fingerprint density at radius 3 is 2.08 bits per heavy atom. The maximum atomic E-state index is 14.1. The van der Waals surface area contributed by atoms with Gasteiger partial charge in [0, 0.05) is 44.0 Å². The standard InChI is InChI=1S/C31H34FN3O5/c1-38-25-11-9-24(10-12-25)35-29(36)15-13-26(30(35)21-4-14-27(39-2)28(20-21)40-3)31(37)34-18-16-33(17-19-34)23-7-5-22(32)6-8-23/h4-12,14,20,26,30H,13,15-19H2,1-3H3. The number of hydrogen-bond acceptors (Lipinski definition) is 6. The van der Waals surface area contributed by atoms with Crippen molar-refractivity contribution in [2.75, 3.05) is 57.3 Å². The molecule has 2 amide bonds. The molecule has 2 fully saturated rings. The number of carbonyl (C=O) groups excluding carboxylic acids is 2. The number of hydrogen-bond donors (Lipinski definition) is 0. The van der Waals surface area contributed by atoms with Crippen LogP contribution in [0, 0.1) is 11.7 Å². The average Bonchev–Trinajstić information content (AvgIpc) is 3.00. The fraction of sp³-hybridized carbons (Fsp3) is 0.355. The highest BCUT2D eigenvalue weighted by Crippen LogP contribution is 2.43. The Morgan fingerprint density at radius 1 is 0.800 bits per heavy atom. The number of ether oxygens (including phenoxy) is 3. The molecule has 210 valence electrons. The van der Waals surface area contributed by atoms with Gasteiger partial charge in [-0.05, 0) is 72.6 Å². The normalized spacial score (nSPS) is 19.4. The van der Waals surface area contributed by atoms with Crippen LogP contribution in [0.4, 0.5) is 15.8 Å². The third-order valence-corrected chi connectivity index (χ3v) is 7.80. The van der Waals surface area contributed by atoms with Gasteiger partial charge >= 0.3 is 0 Å². The van der Waals surface area contributed by atoms with E-state index in [1.54, 1.807) is 38.4 Å². The molecule has 2 unspecified atom stereocenters. The monoisotopic (exact) mass is 547 g/mol.